The van der Waals surface area contributed by atoms with E-state index in [0.717, 1.165) is 26.2 Å². The molecule has 0 aliphatic carbocycles. The SMILES string of the molecule is C[C@@H]1CN(Cc2ccc(F)c(I)c2)CCN1. The number of halogens is 2. The van der Waals surface area contributed by atoms with E-state index in [-0.39, 0.29) is 5.82 Å². The quantitative estimate of drug-likeness (QED) is 0.835. The Bertz CT molecular complexity index is 370. The minimum Gasteiger partial charge on any atom is -0.312 e. The van der Waals surface area contributed by atoms with Gasteiger partial charge in [-0.05, 0) is 47.2 Å². The fourth-order valence-electron chi connectivity index (χ4n) is 2.05. The van der Waals surface area contributed by atoms with Crippen molar-refractivity contribution in [3.05, 3.63) is 33.1 Å². The lowest BCUT2D eigenvalue weighted by Crippen LogP contribution is -2.48. The first-order valence-corrected chi connectivity index (χ1v) is 6.62. The number of piperazine rings is 1. The van der Waals surface area contributed by atoms with Gasteiger partial charge in [0.1, 0.15) is 5.82 Å². The third-order valence-corrected chi connectivity index (χ3v) is 3.67. The van der Waals surface area contributed by atoms with Gasteiger partial charge in [0, 0.05) is 35.8 Å². The van der Waals surface area contributed by atoms with Crippen LogP contribution in [0.15, 0.2) is 18.2 Å². The maximum absolute atomic E-state index is 13.1. The third kappa shape index (κ3) is 3.15. The molecule has 1 aliphatic heterocycles. The Morgan fingerprint density at radius 3 is 3.06 bits per heavy atom. The zero-order chi connectivity index (χ0) is 11.5. The average Bonchev–Trinajstić information content (AvgIpc) is 2.24. The van der Waals surface area contributed by atoms with E-state index in [2.05, 4.69) is 17.1 Å². The van der Waals surface area contributed by atoms with Gasteiger partial charge >= 0.3 is 0 Å². The molecule has 2 nitrogen and oxygen atoms in total. The van der Waals surface area contributed by atoms with E-state index in [1.807, 2.05) is 34.7 Å². The highest BCUT2D eigenvalue weighted by Gasteiger charge is 2.15. The van der Waals surface area contributed by atoms with Crippen molar-refractivity contribution >= 4 is 22.6 Å². The van der Waals surface area contributed by atoms with E-state index >= 15 is 0 Å². The second kappa shape index (κ2) is 5.42. The van der Waals surface area contributed by atoms with Crippen LogP contribution in [0, 0.1) is 9.39 Å². The summed E-state index contributed by atoms with van der Waals surface area (Å²) in [4.78, 5) is 2.41. The molecule has 1 aromatic carbocycles. The summed E-state index contributed by atoms with van der Waals surface area (Å²) in [6.07, 6.45) is 0. The van der Waals surface area contributed by atoms with Crippen LogP contribution >= 0.6 is 22.6 Å². The number of benzene rings is 1. The zero-order valence-corrected chi connectivity index (χ0v) is 11.5. The van der Waals surface area contributed by atoms with Crippen molar-refractivity contribution in [3.63, 3.8) is 0 Å². The van der Waals surface area contributed by atoms with Crippen LogP contribution in [-0.4, -0.2) is 30.6 Å². The molecule has 0 saturated carbocycles. The molecule has 0 amide bonds. The largest absolute Gasteiger partial charge is 0.312 e. The Morgan fingerprint density at radius 1 is 1.56 bits per heavy atom. The molecule has 1 saturated heterocycles. The van der Waals surface area contributed by atoms with Gasteiger partial charge in [0.05, 0.1) is 0 Å². The smallest absolute Gasteiger partial charge is 0.136 e. The van der Waals surface area contributed by atoms with Crippen molar-refractivity contribution in [2.75, 3.05) is 19.6 Å². The predicted molar refractivity (Wildman–Crippen MR) is 71.9 cm³/mol. The molecule has 1 aromatic rings. The summed E-state index contributed by atoms with van der Waals surface area (Å²) in [5, 5.41) is 3.42. The Labute approximate surface area is 109 Å². The van der Waals surface area contributed by atoms with Crippen LogP contribution < -0.4 is 5.32 Å². The zero-order valence-electron chi connectivity index (χ0n) is 9.34. The summed E-state index contributed by atoms with van der Waals surface area (Å²) >= 11 is 2.04. The Hall–Kier alpha value is -0.200. The summed E-state index contributed by atoms with van der Waals surface area (Å²) in [7, 11) is 0. The summed E-state index contributed by atoms with van der Waals surface area (Å²) in [6.45, 7) is 6.29. The molecule has 4 heteroatoms. The van der Waals surface area contributed by atoms with Gasteiger partial charge in [-0.1, -0.05) is 6.07 Å². The van der Waals surface area contributed by atoms with Gasteiger partial charge in [-0.15, -0.1) is 0 Å². The van der Waals surface area contributed by atoms with Crippen LogP contribution in [0.4, 0.5) is 4.39 Å². The predicted octanol–water partition coefficient (Wildman–Crippen LogP) is 2.22. The van der Waals surface area contributed by atoms with E-state index in [1.54, 1.807) is 6.07 Å². The highest BCUT2D eigenvalue weighted by molar-refractivity contribution is 14.1. The lowest BCUT2D eigenvalue weighted by Gasteiger charge is -2.31. The van der Waals surface area contributed by atoms with Gasteiger partial charge in [-0.2, -0.15) is 0 Å². The number of rotatable bonds is 2. The van der Waals surface area contributed by atoms with Crippen LogP contribution in [0.5, 0.6) is 0 Å². The molecule has 16 heavy (non-hydrogen) atoms. The number of hydrogen-bond acceptors (Lipinski definition) is 2. The molecular weight excluding hydrogens is 318 g/mol. The number of hydrogen-bond donors (Lipinski definition) is 1. The third-order valence-electron chi connectivity index (χ3n) is 2.84. The summed E-state index contributed by atoms with van der Waals surface area (Å²) in [6, 6.07) is 5.92. The first-order chi connectivity index (χ1) is 7.65. The Kier molecular flexibility index (Phi) is 4.16. The number of nitrogens with zero attached hydrogens (tertiary/aromatic N) is 1. The fraction of sp³-hybridized carbons (Fsp3) is 0.500. The van der Waals surface area contributed by atoms with Crippen LogP contribution in [0.25, 0.3) is 0 Å². The van der Waals surface area contributed by atoms with Crippen LogP contribution in [-0.2, 0) is 6.54 Å². The van der Waals surface area contributed by atoms with E-state index in [1.165, 1.54) is 5.56 Å². The normalized spacial score (nSPS) is 22.3. The maximum atomic E-state index is 13.1. The van der Waals surface area contributed by atoms with Gasteiger partial charge in [0.15, 0.2) is 0 Å². The van der Waals surface area contributed by atoms with E-state index < -0.39 is 0 Å². The minimum absolute atomic E-state index is 0.127. The van der Waals surface area contributed by atoms with E-state index in [9.17, 15) is 4.39 Å². The summed E-state index contributed by atoms with van der Waals surface area (Å²) in [5.74, 6) is -0.127. The molecule has 1 aliphatic rings. The molecule has 1 fully saturated rings. The van der Waals surface area contributed by atoms with Gasteiger partial charge in [-0.3, -0.25) is 4.90 Å². The second-order valence-corrected chi connectivity index (χ2v) is 5.50. The summed E-state index contributed by atoms with van der Waals surface area (Å²) in [5.41, 5.74) is 1.19. The van der Waals surface area contributed by atoms with Gasteiger partial charge in [0.2, 0.25) is 0 Å². The lowest BCUT2D eigenvalue weighted by atomic mass is 10.1. The van der Waals surface area contributed by atoms with Crippen molar-refractivity contribution in [1.82, 2.24) is 10.2 Å². The van der Waals surface area contributed by atoms with Crippen molar-refractivity contribution in [3.8, 4) is 0 Å². The van der Waals surface area contributed by atoms with Crippen LogP contribution in [0.2, 0.25) is 0 Å². The van der Waals surface area contributed by atoms with Crippen molar-refractivity contribution in [2.24, 2.45) is 0 Å². The molecule has 0 aromatic heterocycles. The molecule has 0 radical (unpaired) electrons. The van der Waals surface area contributed by atoms with Crippen LogP contribution in [0.1, 0.15) is 12.5 Å². The molecule has 88 valence electrons. The van der Waals surface area contributed by atoms with E-state index in [0.29, 0.717) is 9.61 Å². The molecule has 1 atom stereocenters. The molecule has 0 bridgehead atoms. The first-order valence-electron chi connectivity index (χ1n) is 5.55. The molecule has 1 heterocycles. The second-order valence-electron chi connectivity index (χ2n) is 4.34. The molecule has 1 N–H and O–H groups in total. The maximum Gasteiger partial charge on any atom is 0.136 e. The number of nitrogens with one attached hydrogen (secondary N) is 1. The van der Waals surface area contributed by atoms with Crippen molar-refractivity contribution < 1.29 is 4.39 Å². The minimum atomic E-state index is -0.127. The van der Waals surface area contributed by atoms with Crippen molar-refractivity contribution in [2.45, 2.75) is 19.5 Å². The first kappa shape index (κ1) is 12.3. The Morgan fingerprint density at radius 2 is 2.38 bits per heavy atom. The van der Waals surface area contributed by atoms with Gasteiger partial charge in [0.25, 0.3) is 0 Å². The standard InChI is InChI=1S/C12H16FIN2/c1-9-7-16(5-4-15-9)8-10-2-3-11(13)12(14)6-10/h2-3,6,9,15H,4-5,7-8H2,1H3/t9-/m1/s1. The average molecular weight is 334 g/mol. The highest BCUT2D eigenvalue weighted by Crippen LogP contribution is 2.15. The molecule has 0 unspecified atom stereocenters. The van der Waals surface area contributed by atoms with Crippen molar-refractivity contribution in [1.29, 1.82) is 0 Å². The highest BCUT2D eigenvalue weighted by atomic mass is 127. The van der Waals surface area contributed by atoms with Crippen LogP contribution in [0.3, 0.4) is 0 Å². The van der Waals surface area contributed by atoms with E-state index in [4.69, 9.17) is 0 Å². The molecule has 2 rings (SSSR count). The lowest BCUT2D eigenvalue weighted by molar-refractivity contribution is 0.199. The summed E-state index contributed by atoms with van der Waals surface area (Å²) < 4.78 is 13.8. The Balaban J connectivity index is 2.00. The van der Waals surface area contributed by atoms with Gasteiger partial charge in [-0.25, -0.2) is 4.39 Å². The topological polar surface area (TPSA) is 15.3 Å². The van der Waals surface area contributed by atoms with Gasteiger partial charge < -0.3 is 5.32 Å². The monoisotopic (exact) mass is 334 g/mol. The fourth-order valence-corrected chi connectivity index (χ4v) is 2.63. The molecular formula is C12H16FIN2. The molecule has 0 spiro atoms.